The Bertz CT molecular complexity index is 641. The molecule has 0 aliphatic heterocycles. The molecule has 0 saturated heterocycles. The maximum atomic E-state index is 12.9. The van der Waals surface area contributed by atoms with Gasteiger partial charge in [-0.25, -0.2) is 0 Å². The lowest BCUT2D eigenvalue weighted by Gasteiger charge is -2.25. The smallest absolute Gasteiger partial charge is 0.294 e. The number of hydrogen-bond acceptors (Lipinski definition) is 2. The van der Waals surface area contributed by atoms with Gasteiger partial charge in [-0.1, -0.05) is 31.2 Å². The summed E-state index contributed by atoms with van der Waals surface area (Å²) >= 11 is 0. The van der Waals surface area contributed by atoms with Crippen molar-refractivity contribution in [2.24, 2.45) is 0 Å². The second kappa shape index (κ2) is 8.44. The van der Waals surface area contributed by atoms with Gasteiger partial charge in [0.25, 0.3) is 5.91 Å². The Morgan fingerprint density at radius 3 is 2.52 bits per heavy atom. The zero-order valence-electron chi connectivity index (χ0n) is 14.2. The largest absolute Gasteiger partial charge is 0.361 e. The summed E-state index contributed by atoms with van der Waals surface area (Å²) in [5, 5.41) is 0. The topological polar surface area (TPSA) is 33.4 Å². The van der Waals surface area contributed by atoms with Gasteiger partial charge in [-0.15, -0.1) is 0 Å². The van der Waals surface area contributed by atoms with E-state index >= 15 is 0 Å². The minimum atomic E-state index is 0.0265. The molecule has 23 heavy (non-hydrogen) atoms. The number of aryl methyl sites for hydroxylation is 2. The first-order chi connectivity index (χ1) is 11.2. The molecule has 0 N–H and O–H groups in total. The molecular formula is C19H25N2O2+. The van der Waals surface area contributed by atoms with Crippen molar-refractivity contribution in [3.63, 3.8) is 0 Å². The third kappa shape index (κ3) is 4.39. The van der Waals surface area contributed by atoms with Crippen LogP contribution in [-0.4, -0.2) is 19.2 Å². The highest BCUT2D eigenvalue weighted by molar-refractivity contribution is 5.93. The first kappa shape index (κ1) is 17.2. The lowest BCUT2D eigenvalue weighted by molar-refractivity contribution is -0.684. The van der Waals surface area contributed by atoms with Crippen LogP contribution in [0, 0.1) is 6.92 Å². The number of aromatic nitrogens is 1. The Balaban J connectivity index is 2.31. The van der Waals surface area contributed by atoms with Crippen LogP contribution in [0.2, 0.25) is 0 Å². The molecule has 0 radical (unpaired) electrons. The van der Waals surface area contributed by atoms with Gasteiger partial charge >= 0.3 is 0 Å². The van der Waals surface area contributed by atoms with Gasteiger partial charge in [-0.2, -0.15) is 4.57 Å². The Morgan fingerprint density at radius 1 is 1.13 bits per heavy atom. The van der Waals surface area contributed by atoms with Crippen LogP contribution < -0.4 is 9.47 Å². The molecule has 1 aromatic heterocycles. The number of para-hydroxylation sites is 1. The van der Waals surface area contributed by atoms with Crippen molar-refractivity contribution < 1.29 is 14.1 Å². The van der Waals surface area contributed by atoms with E-state index < -0.39 is 0 Å². The van der Waals surface area contributed by atoms with Gasteiger partial charge in [0.2, 0.25) is 6.54 Å². The van der Waals surface area contributed by atoms with E-state index in [0.29, 0.717) is 13.2 Å². The number of ether oxygens (including phenoxy) is 1. The zero-order chi connectivity index (χ0) is 16.7. The number of carbonyl (C=O) groups is 1. The van der Waals surface area contributed by atoms with Crippen LogP contribution in [0.1, 0.15) is 25.0 Å². The van der Waals surface area contributed by atoms with Crippen molar-refractivity contribution in [1.82, 2.24) is 0 Å². The molecule has 0 unspecified atom stereocenters. The van der Waals surface area contributed by atoms with Crippen LogP contribution in [0.25, 0.3) is 0 Å². The normalized spacial score (nSPS) is 10.6. The molecule has 0 fully saturated rings. The summed E-state index contributed by atoms with van der Waals surface area (Å²) in [6.07, 6.45) is 4.68. The highest BCUT2D eigenvalue weighted by Gasteiger charge is 2.23. The van der Waals surface area contributed by atoms with Crippen molar-refractivity contribution >= 4 is 11.6 Å². The molecule has 0 spiro atoms. The summed E-state index contributed by atoms with van der Waals surface area (Å²) in [6, 6.07) is 11.9. The number of anilines is 1. The van der Waals surface area contributed by atoms with E-state index in [1.165, 1.54) is 0 Å². The predicted octanol–water partition coefficient (Wildman–Crippen LogP) is 2.87. The molecule has 0 aliphatic rings. The fourth-order valence-electron chi connectivity index (χ4n) is 2.62. The van der Waals surface area contributed by atoms with Crippen molar-refractivity contribution in [3.8, 4) is 0 Å². The summed E-state index contributed by atoms with van der Waals surface area (Å²) in [5.74, 6) is 0.0265. The van der Waals surface area contributed by atoms with Crippen LogP contribution >= 0.6 is 0 Å². The highest BCUT2D eigenvalue weighted by Crippen LogP contribution is 2.26. The van der Waals surface area contributed by atoms with E-state index in [4.69, 9.17) is 4.74 Å². The summed E-state index contributed by atoms with van der Waals surface area (Å²) in [4.78, 5) is 14.6. The summed E-state index contributed by atoms with van der Waals surface area (Å²) in [5.41, 5.74) is 3.23. The fourth-order valence-corrected chi connectivity index (χ4v) is 2.62. The summed E-state index contributed by atoms with van der Waals surface area (Å²) in [7, 11) is 0. The molecule has 122 valence electrons. The number of nitrogens with zero attached hydrogens (tertiary/aromatic N) is 2. The standard InChI is InChI=1S/C19H25N2O2/c1-4-17-11-9-10-16(3)19(17)21(15-23-5-2)18(22)14-20-12-7-6-8-13-20/h6-13H,4-5,14-15H2,1-3H3/q+1. The third-order valence-corrected chi connectivity index (χ3v) is 3.79. The number of benzene rings is 1. The summed E-state index contributed by atoms with van der Waals surface area (Å²) < 4.78 is 7.44. The molecular weight excluding hydrogens is 288 g/mol. The van der Waals surface area contributed by atoms with Crippen LogP contribution in [0.4, 0.5) is 5.69 Å². The number of hydrogen-bond donors (Lipinski definition) is 0. The number of amides is 1. The van der Waals surface area contributed by atoms with Gasteiger partial charge < -0.3 is 4.74 Å². The van der Waals surface area contributed by atoms with Gasteiger partial charge in [0, 0.05) is 18.7 Å². The van der Waals surface area contributed by atoms with E-state index in [9.17, 15) is 4.79 Å². The second-order valence-electron chi connectivity index (χ2n) is 5.43. The molecule has 0 bridgehead atoms. The maximum absolute atomic E-state index is 12.9. The van der Waals surface area contributed by atoms with Gasteiger partial charge in [0.1, 0.15) is 6.73 Å². The van der Waals surface area contributed by atoms with Crippen molar-refractivity contribution in [2.45, 2.75) is 33.7 Å². The van der Waals surface area contributed by atoms with E-state index in [-0.39, 0.29) is 12.6 Å². The average Bonchev–Trinajstić information content (AvgIpc) is 2.57. The van der Waals surface area contributed by atoms with E-state index in [1.807, 2.05) is 61.1 Å². The van der Waals surface area contributed by atoms with Gasteiger partial charge in [0.05, 0.1) is 5.69 Å². The fraction of sp³-hybridized carbons (Fsp3) is 0.368. The number of pyridine rings is 1. The van der Waals surface area contributed by atoms with Crippen molar-refractivity contribution in [2.75, 3.05) is 18.2 Å². The molecule has 1 aromatic carbocycles. The predicted molar refractivity (Wildman–Crippen MR) is 91.2 cm³/mol. The second-order valence-corrected chi connectivity index (χ2v) is 5.43. The monoisotopic (exact) mass is 313 g/mol. The number of carbonyl (C=O) groups excluding carboxylic acids is 1. The van der Waals surface area contributed by atoms with E-state index in [1.54, 1.807) is 4.90 Å². The first-order valence-electron chi connectivity index (χ1n) is 8.08. The first-order valence-corrected chi connectivity index (χ1v) is 8.08. The summed E-state index contributed by atoms with van der Waals surface area (Å²) in [6.45, 7) is 7.23. The van der Waals surface area contributed by atoms with Gasteiger partial charge in [-0.3, -0.25) is 9.69 Å². The minimum Gasteiger partial charge on any atom is -0.361 e. The Kier molecular flexibility index (Phi) is 6.29. The lowest BCUT2D eigenvalue weighted by atomic mass is 10.0. The average molecular weight is 313 g/mol. The molecule has 0 atom stereocenters. The van der Waals surface area contributed by atoms with Crippen LogP contribution in [0.5, 0.6) is 0 Å². The molecule has 1 amide bonds. The minimum absolute atomic E-state index is 0.0265. The van der Waals surface area contributed by atoms with E-state index in [0.717, 1.165) is 23.2 Å². The quantitative estimate of drug-likeness (QED) is 0.582. The molecule has 2 aromatic rings. The van der Waals surface area contributed by atoms with Gasteiger partial charge in [-0.05, 0) is 31.4 Å². The Morgan fingerprint density at radius 2 is 1.87 bits per heavy atom. The van der Waals surface area contributed by atoms with Crippen LogP contribution in [-0.2, 0) is 22.5 Å². The zero-order valence-corrected chi connectivity index (χ0v) is 14.2. The van der Waals surface area contributed by atoms with Gasteiger partial charge in [0.15, 0.2) is 12.4 Å². The molecule has 0 aliphatic carbocycles. The molecule has 2 rings (SSSR count). The molecule has 4 heteroatoms. The molecule has 4 nitrogen and oxygen atoms in total. The molecule has 0 saturated carbocycles. The number of rotatable bonds is 7. The molecule has 1 heterocycles. The third-order valence-electron chi connectivity index (χ3n) is 3.79. The van der Waals surface area contributed by atoms with Crippen LogP contribution in [0.15, 0.2) is 48.8 Å². The van der Waals surface area contributed by atoms with Crippen LogP contribution in [0.3, 0.4) is 0 Å². The SMILES string of the molecule is CCOCN(C(=O)C[n+]1ccccc1)c1c(C)cccc1CC. The Labute approximate surface area is 138 Å². The maximum Gasteiger partial charge on any atom is 0.294 e. The van der Waals surface area contributed by atoms with Crippen molar-refractivity contribution in [1.29, 1.82) is 0 Å². The highest BCUT2D eigenvalue weighted by atomic mass is 16.5. The Hall–Kier alpha value is -2.20. The van der Waals surface area contributed by atoms with E-state index in [2.05, 4.69) is 13.0 Å². The van der Waals surface area contributed by atoms with Crippen molar-refractivity contribution in [3.05, 3.63) is 59.9 Å². The lowest BCUT2D eigenvalue weighted by Crippen LogP contribution is -2.45.